The topological polar surface area (TPSA) is 34.0 Å². The number of nitrogens with zero attached hydrogens (tertiary/aromatic N) is 4. The van der Waals surface area contributed by atoms with Crippen LogP contribution in [-0.4, -0.2) is 32.8 Å². The molecule has 2 rings (SSSR count). The zero-order chi connectivity index (χ0) is 13.8. The molecule has 4 heteroatoms. The summed E-state index contributed by atoms with van der Waals surface area (Å²) in [6, 6.07) is 6.64. The number of rotatable bonds is 5. The molecule has 2 aromatic rings. The van der Waals surface area contributed by atoms with E-state index in [1.165, 1.54) is 5.56 Å². The molecule has 0 saturated carbocycles. The van der Waals surface area contributed by atoms with Gasteiger partial charge >= 0.3 is 0 Å². The Hall–Kier alpha value is -1.68. The van der Waals surface area contributed by atoms with E-state index in [-0.39, 0.29) is 0 Å². The third kappa shape index (κ3) is 3.89. The molecule has 0 spiro atoms. The monoisotopic (exact) mass is 258 g/mol. The molecule has 0 saturated heterocycles. The van der Waals surface area contributed by atoms with Gasteiger partial charge in [-0.15, -0.1) is 0 Å². The highest BCUT2D eigenvalue weighted by atomic mass is 15.3. The molecule has 0 aliphatic heterocycles. The first-order valence-electron chi connectivity index (χ1n) is 6.66. The van der Waals surface area contributed by atoms with Crippen LogP contribution in [0.4, 0.5) is 0 Å². The molecule has 2 aromatic heterocycles. The lowest BCUT2D eigenvalue weighted by molar-refractivity contribution is 0.219. The Kier molecular flexibility index (Phi) is 4.32. The largest absolute Gasteiger partial charge is 0.296 e. The van der Waals surface area contributed by atoms with Gasteiger partial charge in [-0.1, -0.05) is 0 Å². The Bertz CT molecular complexity index is 499. The number of aryl methyl sites for hydroxylation is 2. The van der Waals surface area contributed by atoms with Crippen LogP contribution in [0.15, 0.2) is 30.6 Å². The van der Waals surface area contributed by atoms with Gasteiger partial charge in [-0.25, -0.2) is 0 Å². The predicted molar refractivity (Wildman–Crippen MR) is 76.9 cm³/mol. The van der Waals surface area contributed by atoms with Crippen molar-refractivity contribution in [3.05, 3.63) is 47.5 Å². The highest BCUT2D eigenvalue weighted by Crippen LogP contribution is 2.09. The highest BCUT2D eigenvalue weighted by Gasteiger charge is 2.11. The fourth-order valence-corrected chi connectivity index (χ4v) is 2.24. The highest BCUT2D eigenvalue weighted by molar-refractivity contribution is 5.19. The number of hydrogen-bond donors (Lipinski definition) is 0. The standard InChI is InChI=1S/C15H22N4/c1-12-8-13(2)17-15(9-12)11-18(4)14(3)10-19-7-5-6-16-19/h5-9,14H,10-11H2,1-4H3/t14-/m0/s1. The van der Waals surface area contributed by atoms with Crippen LogP contribution in [0.1, 0.15) is 23.9 Å². The van der Waals surface area contributed by atoms with E-state index in [0.29, 0.717) is 6.04 Å². The van der Waals surface area contributed by atoms with E-state index in [9.17, 15) is 0 Å². The Labute approximate surface area is 115 Å². The Morgan fingerprint density at radius 3 is 2.74 bits per heavy atom. The van der Waals surface area contributed by atoms with Gasteiger partial charge in [-0.3, -0.25) is 14.6 Å². The lowest BCUT2D eigenvalue weighted by Gasteiger charge is -2.24. The SMILES string of the molecule is Cc1cc(C)nc(CN(C)[C@@H](C)Cn2cccn2)c1. The summed E-state index contributed by atoms with van der Waals surface area (Å²) in [6.07, 6.45) is 3.82. The van der Waals surface area contributed by atoms with E-state index in [1.807, 2.05) is 30.1 Å². The minimum atomic E-state index is 0.419. The normalized spacial score (nSPS) is 12.9. The van der Waals surface area contributed by atoms with Crippen molar-refractivity contribution in [2.75, 3.05) is 7.05 Å². The molecule has 0 N–H and O–H groups in total. The number of pyridine rings is 1. The molecule has 1 atom stereocenters. The van der Waals surface area contributed by atoms with Crippen molar-refractivity contribution in [2.24, 2.45) is 0 Å². The van der Waals surface area contributed by atoms with E-state index in [4.69, 9.17) is 0 Å². The van der Waals surface area contributed by atoms with E-state index in [0.717, 1.165) is 24.5 Å². The van der Waals surface area contributed by atoms with Gasteiger partial charge < -0.3 is 0 Å². The quantitative estimate of drug-likeness (QED) is 0.826. The second kappa shape index (κ2) is 5.97. The minimum Gasteiger partial charge on any atom is -0.296 e. The Balaban J connectivity index is 1.97. The molecule has 4 nitrogen and oxygen atoms in total. The van der Waals surface area contributed by atoms with Crippen molar-refractivity contribution in [3.8, 4) is 0 Å². The molecule has 0 aliphatic carbocycles. The molecule has 0 unspecified atom stereocenters. The second-order valence-electron chi connectivity index (χ2n) is 5.27. The zero-order valence-electron chi connectivity index (χ0n) is 12.2. The Morgan fingerprint density at radius 1 is 1.32 bits per heavy atom. The summed E-state index contributed by atoms with van der Waals surface area (Å²) in [5.41, 5.74) is 3.49. The number of aromatic nitrogens is 3. The average Bonchev–Trinajstić information content (AvgIpc) is 2.80. The summed E-state index contributed by atoms with van der Waals surface area (Å²) >= 11 is 0. The summed E-state index contributed by atoms with van der Waals surface area (Å²) in [5, 5.41) is 4.25. The fourth-order valence-electron chi connectivity index (χ4n) is 2.24. The van der Waals surface area contributed by atoms with Crippen LogP contribution in [0.2, 0.25) is 0 Å². The van der Waals surface area contributed by atoms with Crippen molar-refractivity contribution in [2.45, 2.75) is 39.9 Å². The summed E-state index contributed by atoms with van der Waals surface area (Å²) in [7, 11) is 2.13. The molecule has 0 bridgehead atoms. The smallest absolute Gasteiger partial charge is 0.0562 e. The fraction of sp³-hybridized carbons (Fsp3) is 0.467. The Morgan fingerprint density at radius 2 is 2.11 bits per heavy atom. The van der Waals surface area contributed by atoms with Gasteiger partial charge in [-0.2, -0.15) is 5.10 Å². The van der Waals surface area contributed by atoms with E-state index < -0.39 is 0 Å². The number of likely N-dealkylation sites (N-methyl/N-ethyl adjacent to an activating group) is 1. The summed E-state index contributed by atoms with van der Waals surface area (Å²) in [6.45, 7) is 8.14. The van der Waals surface area contributed by atoms with Crippen LogP contribution in [0, 0.1) is 13.8 Å². The van der Waals surface area contributed by atoms with Gasteiger partial charge in [-0.05, 0) is 51.6 Å². The lowest BCUT2D eigenvalue weighted by Crippen LogP contribution is -2.32. The van der Waals surface area contributed by atoms with Crippen LogP contribution in [0.3, 0.4) is 0 Å². The summed E-state index contributed by atoms with van der Waals surface area (Å²) in [5.74, 6) is 0. The van der Waals surface area contributed by atoms with Crippen molar-refractivity contribution in [1.29, 1.82) is 0 Å². The lowest BCUT2D eigenvalue weighted by atomic mass is 10.2. The van der Waals surface area contributed by atoms with Gasteiger partial charge in [0.05, 0.1) is 12.2 Å². The predicted octanol–water partition coefficient (Wildman–Crippen LogP) is 2.42. The van der Waals surface area contributed by atoms with Gasteiger partial charge in [0, 0.05) is 30.7 Å². The van der Waals surface area contributed by atoms with Gasteiger partial charge in [0.1, 0.15) is 0 Å². The summed E-state index contributed by atoms with van der Waals surface area (Å²) in [4.78, 5) is 6.90. The van der Waals surface area contributed by atoms with E-state index in [2.05, 4.69) is 48.0 Å². The maximum absolute atomic E-state index is 4.59. The first-order valence-corrected chi connectivity index (χ1v) is 6.66. The number of hydrogen-bond acceptors (Lipinski definition) is 3. The van der Waals surface area contributed by atoms with Crippen molar-refractivity contribution in [3.63, 3.8) is 0 Å². The third-order valence-corrected chi connectivity index (χ3v) is 3.33. The van der Waals surface area contributed by atoms with Crippen LogP contribution < -0.4 is 0 Å². The first kappa shape index (κ1) is 13.7. The maximum Gasteiger partial charge on any atom is 0.0562 e. The molecule has 19 heavy (non-hydrogen) atoms. The van der Waals surface area contributed by atoms with Crippen LogP contribution >= 0.6 is 0 Å². The molecular weight excluding hydrogens is 236 g/mol. The molecule has 0 amide bonds. The van der Waals surface area contributed by atoms with E-state index in [1.54, 1.807) is 0 Å². The van der Waals surface area contributed by atoms with Gasteiger partial charge in [0.2, 0.25) is 0 Å². The minimum absolute atomic E-state index is 0.419. The van der Waals surface area contributed by atoms with Crippen molar-refractivity contribution in [1.82, 2.24) is 19.7 Å². The third-order valence-electron chi connectivity index (χ3n) is 3.33. The average molecular weight is 258 g/mol. The zero-order valence-corrected chi connectivity index (χ0v) is 12.2. The molecule has 102 valence electrons. The molecular formula is C15H22N4. The van der Waals surface area contributed by atoms with Gasteiger partial charge in [0.15, 0.2) is 0 Å². The molecule has 2 heterocycles. The molecule has 0 radical (unpaired) electrons. The molecule has 0 fully saturated rings. The van der Waals surface area contributed by atoms with Gasteiger partial charge in [0.25, 0.3) is 0 Å². The second-order valence-corrected chi connectivity index (χ2v) is 5.27. The first-order chi connectivity index (χ1) is 9.04. The molecule has 0 aromatic carbocycles. The molecule has 0 aliphatic rings. The van der Waals surface area contributed by atoms with Crippen LogP contribution in [0.5, 0.6) is 0 Å². The van der Waals surface area contributed by atoms with Crippen molar-refractivity contribution < 1.29 is 0 Å². The summed E-state index contributed by atoms with van der Waals surface area (Å²) < 4.78 is 1.97. The van der Waals surface area contributed by atoms with Crippen molar-refractivity contribution >= 4 is 0 Å². The maximum atomic E-state index is 4.59. The van der Waals surface area contributed by atoms with Crippen LogP contribution in [-0.2, 0) is 13.1 Å². The van der Waals surface area contributed by atoms with E-state index >= 15 is 0 Å². The van der Waals surface area contributed by atoms with Crippen LogP contribution in [0.25, 0.3) is 0 Å².